The summed E-state index contributed by atoms with van der Waals surface area (Å²) >= 11 is 0. The minimum atomic E-state index is -1.22. The molecule has 0 heterocycles. The smallest absolute Gasteiger partial charge is 0.329 e. The molecule has 0 saturated heterocycles. The Morgan fingerprint density at radius 1 is 1.38 bits per heavy atom. The van der Waals surface area contributed by atoms with Gasteiger partial charge in [0.05, 0.1) is 0 Å². The molecule has 21 heavy (non-hydrogen) atoms. The first-order valence-corrected chi connectivity index (χ1v) is 7.35. The maximum absolute atomic E-state index is 12.3. The van der Waals surface area contributed by atoms with Gasteiger partial charge >= 0.3 is 12.0 Å². The van der Waals surface area contributed by atoms with Crippen molar-refractivity contribution in [2.75, 3.05) is 20.1 Å². The molecular weight excluding hydrogens is 274 g/mol. The minimum Gasteiger partial charge on any atom is -0.480 e. The summed E-state index contributed by atoms with van der Waals surface area (Å²) < 4.78 is 0. The molecule has 0 aromatic rings. The molecule has 7 heteroatoms. The number of urea groups is 1. The number of carboxylic acid groups (broad SMARTS) is 1. The van der Waals surface area contributed by atoms with Crippen molar-refractivity contribution in [3.63, 3.8) is 0 Å². The number of carboxylic acids is 1. The average molecular weight is 299 g/mol. The second-order valence-corrected chi connectivity index (χ2v) is 5.71. The Kier molecular flexibility index (Phi) is 5.99. The first kappa shape index (κ1) is 17.3. The van der Waals surface area contributed by atoms with Crippen molar-refractivity contribution in [2.24, 2.45) is 5.92 Å². The van der Waals surface area contributed by atoms with Crippen LogP contribution in [0.15, 0.2) is 0 Å². The number of nitrogens with zero attached hydrogens (tertiary/aromatic N) is 1. The molecule has 0 aromatic heterocycles. The van der Waals surface area contributed by atoms with Crippen LogP contribution in [-0.2, 0) is 9.59 Å². The predicted octanol–water partition coefficient (Wildman–Crippen LogP) is 0.797. The molecule has 0 aromatic carbocycles. The highest BCUT2D eigenvalue weighted by molar-refractivity contribution is 5.88. The Morgan fingerprint density at radius 2 is 2.05 bits per heavy atom. The highest BCUT2D eigenvalue weighted by atomic mass is 16.4. The van der Waals surface area contributed by atoms with Gasteiger partial charge < -0.3 is 20.6 Å². The van der Waals surface area contributed by atoms with Crippen LogP contribution in [0.2, 0.25) is 0 Å². The van der Waals surface area contributed by atoms with E-state index in [1.54, 1.807) is 6.92 Å². The first-order chi connectivity index (χ1) is 9.84. The average Bonchev–Trinajstić information content (AvgIpc) is 2.43. The lowest BCUT2D eigenvalue weighted by Gasteiger charge is -2.38. The summed E-state index contributed by atoms with van der Waals surface area (Å²) in [6.45, 7) is 4.00. The van der Waals surface area contributed by atoms with Gasteiger partial charge in [-0.15, -0.1) is 0 Å². The lowest BCUT2D eigenvalue weighted by atomic mass is 9.76. The van der Waals surface area contributed by atoms with Crippen LogP contribution in [0, 0.1) is 5.92 Å². The van der Waals surface area contributed by atoms with Gasteiger partial charge in [0.25, 0.3) is 0 Å². The molecule has 2 unspecified atom stereocenters. The molecule has 0 bridgehead atoms. The quantitative estimate of drug-likeness (QED) is 0.699. The SMILES string of the molecule is CCN(CC(=O)NC)C(=O)NC1(C(=O)O)CCCC(C)C1. The molecule has 0 radical (unpaired) electrons. The van der Waals surface area contributed by atoms with E-state index in [-0.39, 0.29) is 18.4 Å². The fourth-order valence-electron chi connectivity index (χ4n) is 2.78. The van der Waals surface area contributed by atoms with Crippen LogP contribution in [0.3, 0.4) is 0 Å². The lowest BCUT2D eigenvalue weighted by molar-refractivity contribution is -0.146. The van der Waals surface area contributed by atoms with Crippen molar-refractivity contribution in [1.82, 2.24) is 15.5 Å². The van der Waals surface area contributed by atoms with Gasteiger partial charge in [0, 0.05) is 13.6 Å². The highest BCUT2D eigenvalue weighted by Crippen LogP contribution is 2.32. The molecule has 0 spiro atoms. The topological polar surface area (TPSA) is 98.7 Å². The van der Waals surface area contributed by atoms with Crippen LogP contribution in [-0.4, -0.2) is 53.6 Å². The van der Waals surface area contributed by atoms with E-state index in [1.807, 2.05) is 6.92 Å². The largest absolute Gasteiger partial charge is 0.480 e. The summed E-state index contributed by atoms with van der Waals surface area (Å²) in [6.07, 6.45) is 2.59. The van der Waals surface area contributed by atoms with Gasteiger partial charge in [0.1, 0.15) is 12.1 Å². The number of rotatable bonds is 5. The molecule has 1 rings (SSSR count). The molecule has 3 amide bonds. The lowest BCUT2D eigenvalue weighted by Crippen LogP contribution is -2.60. The number of nitrogens with one attached hydrogen (secondary N) is 2. The van der Waals surface area contributed by atoms with E-state index in [0.717, 1.165) is 12.8 Å². The minimum absolute atomic E-state index is 0.0793. The maximum atomic E-state index is 12.3. The van der Waals surface area contributed by atoms with E-state index in [2.05, 4.69) is 10.6 Å². The van der Waals surface area contributed by atoms with E-state index in [1.165, 1.54) is 11.9 Å². The van der Waals surface area contributed by atoms with E-state index in [0.29, 0.717) is 19.4 Å². The third kappa shape index (κ3) is 4.34. The summed E-state index contributed by atoms with van der Waals surface area (Å²) in [5, 5.41) is 14.6. The van der Waals surface area contributed by atoms with Crippen LogP contribution in [0.25, 0.3) is 0 Å². The fourth-order valence-corrected chi connectivity index (χ4v) is 2.78. The van der Waals surface area contributed by atoms with Crippen molar-refractivity contribution in [3.8, 4) is 0 Å². The summed E-state index contributed by atoms with van der Waals surface area (Å²) in [5.41, 5.74) is -1.22. The molecule has 1 fully saturated rings. The van der Waals surface area contributed by atoms with Crippen LogP contribution in [0.5, 0.6) is 0 Å². The van der Waals surface area contributed by atoms with E-state index in [9.17, 15) is 19.5 Å². The number of carbonyl (C=O) groups is 3. The second kappa shape index (κ2) is 7.28. The van der Waals surface area contributed by atoms with Gasteiger partial charge in [0.2, 0.25) is 5.91 Å². The third-order valence-electron chi connectivity index (χ3n) is 4.04. The normalized spacial score (nSPS) is 25.0. The number of hydrogen-bond acceptors (Lipinski definition) is 3. The Bertz CT molecular complexity index is 413. The monoisotopic (exact) mass is 299 g/mol. The molecule has 1 saturated carbocycles. The Morgan fingerprint density at radius 3 is 2.52 bits per heavy atom. The van der Waals surface area contributed by atoms with Gasteiger partial charge in [-0.25, -0.2) is 9.59 Å². The summed E-state index contributed by atoms with van der Waals surface area (Å²) in [4.78, 5) is 36.6. The molecule has 3 N–H and O–H groups in total. The van der Waals surface area contributed by atoms with Crippen LogP contribution in [0.4, 0.5) is 4.79 Å². The fraction of sp³-hybridized carbons (Fsp3) is 0.786. The van der Waals surface area contributed by atoms with Gasteiger partial charge in [-0.05, 0) is 25.7 Å². The molecule has 1 aliphatic rings. The summed E-state index contributed by atoms with van der Waals surface area (Å²) in [6, 6.07) is -0.502. The second-order valence-electron chi connectivity index (χ2n) is 5.71. The zero-order valence-corrected chi connectivity index (χ0v) is 12.9. The standard InChI is InChI=1S/C14H25N3O4/c1-4-17(9-11(18)15-3)13(21)16-14(12(19)20)7-5-6-10(2)8-14/h10H,4-9H2,1-3H3,(H,15,18)(H,16,21)(H,19,20). The summed E-state index contributed by atoms with van der Waals surface area (Å²) in [7, 11) is 1.50. The van der Waals surface area contributed by atoms with Crippen molar-refractivity contribution in [2.45, 2.75) is 45.1 Å². The predicted molar refractivity (Wildman–Crippen MR) is 77.8 cm³/mol. The zero-order chi connectivity index (χ0) is 16.0. The van der Waals surface area contributed by atoms with Crippen LogP contribution >= 0.6 is 0 Å². The van der Waals surface area contributed by atoms with Crippen molar-refractivity contribution in [3.05, 3.63) is 0 Å². The van der Waals surface area contributed by atoms with E-state index < -0.39 is 17.5 Å². The third-order valence-corrected chi connectivity index (χ3v) is 4.04. The van der Waals surface area contributed by atoms with Crippen molar-refractivity contribution in [1.29, 1.82) is 0 Å². The van der Waals surface area contributed by atoms with Crippen LogP contribution in [0.1, 0.15) is 39.5 Å². The van der Waals surface area contributed by atoms with Gasteiger partial charge in [-0.2, -0.15) is 0 Å². The number of hydrogen-bond donors (Lipinski definition) is 3. The van der Waals surface area contributed by atoms with Crippen molar-refractivity contribution < 1.29 is 19.5 Å². The maximum Gasteiger partial charge on any atom is 0.329 e. The molecule has 2 atom stereocenters. The number of aliphatic carboxylic acids is 1. The highest BCUT2D eigenvalue weighted by Gasteiger charge is 2.43. The van der Waals surface area contributed by atoms with Crippen molar-refractivity contribution >= 4 is 17.9 Å². The molecule has 1 aliphatic carbocycles. The summed E-state index contributed by atoms with van der Waals surface area (Å²) in [5.74, 6) is -1.03. The number of likely N-dealkylation sites (N-methyl/N-ethyl adjacent to an activating group) is 2. The van der Waals surface area contributed by atoms with Gasteiger partial charge in [-0.1, -0.05) is 19.8 Å². The number of carbonyl (C=O) groups excluding carboxylic acids is 2. The Labute approximate surface area is 125 Å². The first-order valence-electron chi connectivity index (χ1n) is 7.35. The van der Waals surface area contributed by atoms with Gasteiger partial charge in [0.15, 0.2) is 0 Å². The molecule has 120 valence electrons. The molecule has 0 aliphatic heterocycles. The Balaban J connectivity index is 2.80. The van der Waals surface area contributed by atoms with Crippen LogP contribution < -0.4 is 10.6 Å². The van der Waals surface area contributed by atoms with Gasteiger partial charge in [-0.3, -0.25) is 4.79 Å². The Hall–Kier alpha value is -1.79. The zero-order valence-electron chi connectivity index (χ0n) is 12.9. The van der Waals surface area contributed by atoms with E-state index >= 15 is 0 Å². The van der Waals surface area contributed by atoms with E-state index in [4.69, 9.17) is 0 Å². The molecular formula is C14H25N3O4. The number of amides is 3. The molecule has 7 nitrogen and oxygen atoms in total.